The van der Waals surface area contributed by atoms with Gasteiger partial charge in [0.25, 0.3) is 5.91 Å². The molecule has 1 aliphatic heterocycles. The van der Waals surface area contributed by atoms with Crippen LogP contribution in [-0.2, 0) is 4.74 Å². The van der Waals surface area contributed by atoms with Gasteiger partial charge >= 0.3 is 0 Å². The molecule has 1 amide bonds. The number of rotatable bonds is 7. The van der Waals surface area contributed by atoms with Gasteiger partial charge in [-0.2, -0.15) is 0 Å². The van der Waals surface area contributed by atoms with Crippen LogP contribution in [0.5, 0.6) is 0 Å². The molecule has 6 heteroatoms. The Morgan fingerprint density at radius 2 is 1.89 bits per heavy atom. The number of nitrogens with zero attached hydrogens (tertiary/aromatic N) is 1. The molecule has 2 fully saturated rings. The van der Waals surface area contributed by atoms with E-state index >= 15 is 0 Å². The molecular formula is C21H30ClFN2O2. The van der Waals surface area contributed by atoms with Gasteiger partial charge in [0.1, 0.15) is 5.82 Å². The SMILES string of the molecule is O=C(NCC1CCN(CCOC2CCCCC2)CC1)c1cc(F)cc(Cl)c1. The molecule has 1 N–H and O–H groups in total. The van der Waals surface area contributed by atoms with E-state index in [4.69, 9.17) is 16.3 Å². The predicted octanol–water partition coefficient (Wildman–Crippen LogP) is 4.27. The topological polar surface area (TPSA) is 41.6 Å². The van der Waals surface area contributed by atoms with Gasteiger partial charge in [-0.05, 0) is 62.9 Å². The number of benzene rings is 1. The van der Waals surface area contributed by atoms with E-state index in [1.807, 2.05) is 0 Å². The number of nitrogens with one attached hydrogen (secondary N) is 1. The number of hydrogen-bond donors (Lipinski definition) is 1. The smallest absolute Gasteiger partial charge is 0.251 e. The summed E-state index contributed by atoms with van der Waals surface area (Å²) in [5.74, 6) is -0.287. The van der Waals surface area contributed by atoms with Crippen molar-refractivity contribution in [2.24, 2.45) is 5.92 Å². The third kappa shape index (κ3) is 6.74. The van der Waals surface area contributed by atoms with Crippen LogP contribution in [0.3, 0.4) is 0 Å². The number of halogens is 2. The Morgan fingerprint density at radius 1 is 1.15 bits per heavy atom. The molecule has 4 nitrogen and oxygen atoms in total. The molecule has 1 saturated heterocycles. The summed E-state index contributed by atoms with van der Waals surface area (Å²) in [5.41, 5.74) is 0.275. The van der Waals surface area contributed by atoms with Crippen molar-refractivity contribution in [2.45, 2.75) is 51.0 Å². The van der Waals surface area contributed by atoms with Crippen molar-refractivity contribution >= 4 is 17.5 Å². The van der Waals surface area contributed by atoms with Crippen molar-refractivity contribution in [3.8, 4) is 0 Å². The minimum Gasteiger partial charge on any atom is -0.377 e. The van der Waals surface area contributed by atoms with Gasteiger partial charge in [0, 0.05) is 23.7 Å². The molecular weight excluding hydrogens is 367 g/mol. The van der Waals surface area contributed by atoms with Crippen LogP contribution in [0.2, 0.25) is 5.02 Å². The number of piperidine rings is 1. The first-order valence-electron chi connectivity index (χ1n) is 10.2. The molecule has 0 radical (unpaired) electrons. The van der Waals surface area contributed by atoms with Gasteiger partial charge in [0.15, 0.2) is 0 Å². The van der Waals surface area contributed by atoms with Crippen LogP contribution in [0, 0.1) is 11.7 Å². The van der Waals surface area contributed by atoms with E-state index in [0.717, 1.165) is 39.1 Å². The zero-order chi connectivity index (χ0) is 19.1. The number of likely N-dealkylation sites (tertiary alicyclic amines) is 1. The van der Waals surface area contributed by atoms with Gasteiger partial charge in [0.05, 0.1) is 12.7 Å². The summed E-state index contributed by atoms with van der Waals surface area (Å²) in [6, 6.07) is 3.91. The number of ether oxygens (including phenoxy) is 1. The molecule has 150 valence electrons. The third-order valence-corrected chi connectivity index (χ3v) is 5.91. The lowest BCUT2D eigenvalue weighted by atomic mass is 9.96. The highest BCUT2D eigenvalue weighted by molar-refractivity contribution is 6.31. The van der Waals surface area contributed by atoms with Crippen LogP contribution in [0.25, 0.3) is 0 Å². The van der Waals surface area contributed by atoms with Crippen molar-refractivity contribution in [2.75, 3.05) is 32.8 Å². The van der Waals surface area contributed by atoms with Gasteiger partial charge in [-0.3, -0.25) is 4.79 Å². The molecule has 0 atom stereocenters. The lowest BCUT2D eigenvalue weighted by Gasteiger charge is -2.32. The van der Waals surface area contributed by atoms with Crippen LogP contribution in [0.4, 0.5) is 4.39 Å². The number of carbonyl (C=O) groups excluding carboxylic acids is 1. The summed E-state index contributed by atoms with van der Waals surface area (Å²) in [4.78, 5) is 14.6. The lowest BCUT2D eigenvalue weighted by Crippen LogP contribution is -2.40. The van der Waals surface area contributed by atoms with E-state index in [1.165, 1.54) is 50.3 Å². The first-order chi connectivity index (χ1) is 13.1. The van der Waals surface area contributed by atoms with E-state index < -0.39 is 5.82 Å². The molecule has 1 saturated carbocycles. The van der Waals surface area contributed by atoms with Gasteiger partial charge < -0.3 is 15.0 Å². The van der Waals surface area contributed by atoms with Crippen molar-refractivity contribution in [1.82, 2.24) is 10.2 Å². The Labute approximate surface area is 166 Å². The van der Waals surface area contributed by atoms with Gasteiger partial charge in [-0.15, -0.1) is 0 Å². The summed E-state index contributed by atoms with van der Waals surface area (Å²) in [6.45, 7) is 4.53. The summed E-state index contributed by atoms with van der Waals surface area (Å²) in [6.07, 6.45) is 9.02. The monoisotopic (exact) mass is 396 g/mol. The highest BCUT2D eigenvalue weighted by Gasteiger charge is 2.21. The molecule has 0 spiro atoms. The van der Waals surface area contributed by atoms with Crippen molar-refractivity contribution in [1.29, 1.82) is 0 Å². The molecule has 0 unspecified atom stereocenters. The Kier molecular flexibility index (Phi) is 7.92. The maximum atomic E-state index is 13.4. The van der Waals surface area contributed by atoms with Gasteiger partial charge in [0.2, 0.25) is 0 Å². The molecule has 1 heterocycles. The fourth-order valence-electron chi connectivity index (χ4n) is 4.02. The van der Waals surface area contributed by atoms with Crippen LogP contribution in [-0.4, -0.2) is 49.7 Å². The number of carbonyl (C=O) groups is 1. The Hall–Kier alpha value is -1.17. The molecule has 27 heavy (non-hydrogen) atoms. The lowest BCUT2D eigenvalue weighted by molar-refractivity contribution is 0.0119. The van der Waals surface area contributed by atoms with Crippen LogP contribution >= 0.6 is 11.6 Å². The first-order valence-corrected chi connectivity index (χ1v) is 10.6. The highest BCUT2D eigenvalue weighted by atomic mass is 35.5. The van der Waals surface area contributed by atoms with E-state index in [2.05, 4.69) is 10.2 Å². The normalized spacial score (nSPS) is 19.9. The summed E-state index contributed by atoms with van der Waals surface area (Å²) < 4.78 is 19.4. The molecule has 1 aliphatic carbocycles. The molecule has 1 aromatic rings. The minimum atomic E-state index is -0.489. The Morgan fingerprint density at radius 3 is 2.59 bits per heavy atom. The van der Waals surface area contributed by atoms with E-state index in [0.29, 0.717) is 18.6 Å². The van der Waals surface area contributed by atoms with Crippen molar-refractivity contribution in [3.63, 3.8) is 0 Å². The summed E-state index contributed by atoms with van der Waals surface area (Å²) in [7, 11) is 0. The zero-order valence-corrected chi connectivity index (χ0v) is 16.6. The fourth-order valence-corrected chi connectivity index (χ4v) is 4.24. The Bertz CT molecular complexity index is 594. The second-order valence-corrected chi connectivity index (χ2v) is 8.22. The second kappa shape index (κ2) is 10.4. The largest absolute Gasteiger partial charge is 0.377 e. The van der Waals surface area contributed by atoms with Crippen LogP contribution in [0.1, 0.15) is 55.3 Å². The average Bonchev–Trinajstić information content (AvgIpc) is 2.67. The minimum absolute atomic E-state index is 0.240. The highest BCUT2D eigenvalue weighted by Crippen LogP contribution is 2.21. The standard InChI is InChI=1S/C21H30ClFN2O2/c22-18-12-17(13-19(23)14-18)21(26)24-15-16-6-8-25(9-7-16)10-11-27-20-4-2-1-3-5-20/h12-14,16,20H,1-11,15H2,(H,24,26). The third-order valence-electron chi connectivity index (χ3n) is 5.70. The zero-order valence-electron chi connectivity index (χ0n) is 15.9. The van der Waals surface area contributed by atoms with Crippen molar-refractivity contribution < 1.29 is 13.9 Å². The maximum Gasteiger partial charge on any atom is 0.251 e. The van der Waals surface area contributed by atoms with Crippen LogP contribution in [0.15, 0.2) is 18.2 Å². The average molecular weight is 397 g/mol. The first kappa shape index (κ1) is 20.6. The molecule has 0 aromatic heterocycles. The fraction of sp³-hybridized carbons (Fsp3) is 0.667. The predicted molar refractivity (Wildman–Crippen MR) is 106 cm³/mol. The molecule has 2 aliphatic rings. The van der Waals surface area contributed by atoms with E-state index in [9.17, 15) is 9.18 Å². The maximum absolute atomic E-state index is 13.4. The number of hydrogen-bond acceptors (Lipinski definition) is 3. The molecule has 3 rings (SSSR count). The van der Waals surface area contributed by atoms with Gasteiger partial charge in [-0.25, -0.2) is 4.39 Å². The summed E-state index contributed by atoms with van der Waals surface area (Å²) >= 11 is 5.81. The quantitative estimate of drug-likeness (QED) is 0.748. The summed E-state index contributed by atoms with van der Waals surface area (Å²) in [5, 5.41) is 3.16. The van der Waals surface area contributed by atoms with Crippen molar-refractivity contribution in [3.05, 3.63) is 34.6 Å². The molecule has 0 bridgehead atoms. The van der Waals surface area contributed by atoms with E-state index in [1.54, 1.807) is 0 Å². The van der Waals surface area contributed by atoms with Crippen LogP contribution < -0.4 is 5.32 Å². The Balaban J connectivity index is 1.31. The molecule has 1 aromatic carbocycles. The van der Waals surface area contributed by atoms with E-state index in [-0.39, 0.29) is 16.5 Å². The number of amides is 1. The van der Waals surface area contributed by atoms with Gasteiger partial charge in [-0.1, -0.05) is 30.9 Å². The second-order valence-electron chi connectivity index (χ2n) is 7.78.